The van der Waals surface area contributed by atoms with E-state index in [9.17, 15) is 5.26 Å². The molecular weight excluding hydrogens is 962 g/mol. The van der Waals surface area contributed by atoms with E-state index in [4.69, 9.17) is 41.0 Å². The number of nitrogens with zero attached hydrogens (tertiary/aromatic N) is 13. The Morgan fingerprint density at radius 1 is 0.547 bits per heavy atom. The van der Waals surface area contributed by atoms with Crippen LogP contribution in [0.15, 0.2) is 147 Å². The summed E-state index contributed by atoms with van der Waals surface area (Å²) in [4.78, 5) is 49.8. The number of rotatable bonds is 10. The Balaban J connectivity index is 0.000000161. The average Bonchev–Trinajstić information content (AvgIpc) is 3.50. The first kappa shape index (κ1) is 48.2. The Kier molecular flexibility index (Phi) is 14.1. The summed E-state index contributed by atoms with van der Waals surface area (Å²) in [6.45, 7) is 9.88. The number of nitriles is 1. The van der Waals surface area contributed by atoms with E-state index >= 15 is 0 Å². The zero-order valence-electron chi connectivity index (χ0n) is 41.0. The number of halogens is 1. The van der Waals surface area contributed by atoms with Gasteiger partial charge in [0.25, 0.3) is 0 Å². The van der Waals surface area contributed by atoms with Gasteiger partial charge in [0.2, 0.25) is 0 Å². The summed E-state index contributed by atoms with van der Waals surface area (Å²) in [5.74, 6) is 1.74. The molecule has 10 aromatic rings. The van der Waals surface area contributed by atoms with E-state index in [1.54, 1.807) is 43.2 Å². The molecule has 370 valence electrons. The molecule has 0 radical (unpaired) electrons. The number of hydrogen-bond acceptors (Lipinski definition) is 17. The molecule has 2 N–H and O–H groups in total. The zero-order chi connectivity index (χ0) is 51.1. The van der Waals surface area contributed by atoms with E-state index in [0.717, 1.165) is 127 Å². The highest BCUT2D eigenvalue weighted by Gasteiger charge is 2.23. The molecule has 2 aliphatic heterocycles. The summed E-state index contributed by atoms with van der Waals surface area (Å²) in [7, 11) is 0. The van der Waals surface area contributed by atoms with Gasteiger partial charge in [-0.25, -0.2) is 39.9 Å². The van der Waals surface area contributed by atoms with Gasteiger partial charge in [0.15, 0.2) is 0 Å². The first-order chi connectivity index (χ1) is 36.9. The van der Waals surface area contributed by atoms with Gasteiger partial charge in [-0.2, -0.15) is 5.26 Å². The Hall–Kier alpha value is -9.08. The minimum absolute atomic E-state index is 0.503. The van der Waals surface area contributed by atoms with Crippen molar-refractivity contribution in [3.05, 3.63) is 169 Å². The average molecular weight is 1010 g/mol. The summed E-state index contributed by atoms with van der Waals surface area (Å²) in [5.41, 5.74) is 13.7. The summed E-state index contributed by atoms with van der Waals surface area (Å²) >= 11 is 6.64. The van der Waals surface area contributed by atoms with Crippen molar-refractivity contribution in [1.29, 1.82) is 5.26 Å². The highest BCUT2D eigenvalue weighted by atomic mass is 35.5. The van der Waals surface area contributed by atoms with Crippen LogP contribution in [0.2, 0.25) is 5.02 Å². The monoisotopic (exact) mass is 1010 g/mol. The predicted molar refractivity (Wildman–Crippen MR) is 292 cm³/mol. The Labute approximate surface area is 437 Å². The third-order valence-corrected chi connectivity index (χ3v) is 13.4. The van der Waals surface area contributed by atoms with Crippen LogP contribution >= 0.6 is 11.6 Å². The fourth-order valence-electron chi connectivity index (χ4n) is 9.28. The Morgan fingerprint density at radius 3 is 1.48 bits per heavy atom. The molecule has 0 amide bonds. The standard InChI is InChI=1S/C29H24N8O.C28H24ClN7O/c1-19-27(22-6-4-5-20(14-30)29(22)36-28(19)24-7-2-3-8-33-24)35-25-13-26(37-9-11-38-12-10-37)34-17-23(25)21-15-31-18-32-16-21;1-18-26(20-5-4-6-22(29)28(20)35-27(18)23-7-2-3-8-32-23)34-24-13-25(36-9-11-37-12-10-36)33-16-21(24)19-14-30-17-31-15-19/h2-8,13,15-18H,9-12H2,1H3,(H,34,35,36);2-8,13-17H,9-12H2,1H3,(H,33,34,35). The number of fused-ring (bicyclic) bond motifs is 2. The number of anilines is 6. The van der Waals surface area contributed by atoms with Crippen LogP contribution < -0.4 is 20.4 Å². The molecule has 2 aromatic carbocycles. The molecule has 12 rings (SSSR count). The van der Waals surface area contributed by atoms with Crippen molar-refractivity contribution in [1.82, 2.24) is 49.8 Å². The Bertz CT molecular complexity index is 3690. The first-order valence-corrected chi connectivity index (χ1v) is 24.7. The number of morpholine rings is 2. The quantitative estimate of drug-likeness (QED) is 0.131. The maximum atomic E-state index is 9.86. The van der Waals surface area contributed by atoms with Crippen LogP contribution in [0.25, 0.3) is 66.8 Å². The van der Waals surface area contributed by atoms with Gasteiger partial charge in [-0.1, -0.05) is 48.0 Å². The van der Waals surface area contributed by atoms with Gasteiger partial charge in [-0.3, -0.25) is 9.97 Å². The van der Waals surface area contributed by atoms with Crippen LogP contribution in [0.5, 0.6) is 0 Å². The topological polar surface area (TPSA) is 202 Å². The molecule has 10 heterocycles. The lowest BCUT2D eigenvalue weighted by Crippen LogP contribution is -2.36. The van der Waals surface area contributed by atoms with Crippen molar-refractivity contribution in [3.63, 3.8) is 0 Å². The third-order valence-electron chi connectivity index (χ3n) is 13.1. The SMILES string of the molecule is Cc1c(-c2ccccn2)nc2c(C#N)cccc2c1Nc1cc(N2CCOCC2)ncc1-c1cncnc1.Cc1c(-c2ccccn2)nc2c(Cl)cccc2c1Nc1cc(N2CCOCC2)ncc1-c1cncnc1. The van der Waals surface area contributed by atoms with Crippen molar-refractivity contribution in [2.24, 2.45) is 0 Å². The normalized spacial score (nSPS) is 13.5. The Morgan fingerprint density at radius 2 is 1.01 bits per heavy atom. The second-order valence-corrected chi connectivity index (χ2v) is 18.1. The number of aromatic nitrogens is 10. The fourth-order valence-corrected chi connectivity index (χ4v) is 9.49. The number of benzene rings is 2. The lowest BCUT2D eigenvalue weighted by Gasteiger charge is -2.28. The maximum Gasteiger partial charge on any atom is 0.130 e. The van der Waals surface area contributed by atoms with Gasteiger partial charge < -0.3 is 29.9 Å². The molecule has 0 aliphatic carbocycles. The van der Waals surface area contributed by atoms with Gasteiger partial charge in [-0.05, 0) is 50.2 Å². The van der Waals surface area contributed by atoms with Crippen LogP contribution in [0, 0.1) is 25.2 Å². The minimum atomic E-state index is 0.503. The molecule has 8 aromatic heterocycles. The molecule has 0 saturated carbocycles. The van der Waals surface area contributed by atoms with E-state index in [0.29, 0.717) is 48.0 Å². The van der Waals surface area contributed by atoms with Gasteiger partial charge in [-0.15, -0.1) is 0 Å². The van der Waals surface area contributed by atoms with E-state index in [2.05, 4.69) is 69.4 Å². The number of para-hydroxylation sites is 2. The summed E-state index contributed by atoms with van der Waals surface area (Å²) in [6.07, 6.45) is 17.4. The zero-order valence-corrected chi connectivity index (χ0v) is 41.8. The van der Waals surface area contributed by atoms with Gasteiger partial charge in [0.05, 0.1) is 93.6 Å². The number of nitrogens with one attached hydrogen (secondary N) is 2. The van der Waals surface area contributed by atoms with E-state index in [-0.39, 0.29) is 0 Å². The van der Waals surface area contributed by atoms with Crippen LogP contribution in [0.1, 0.15) is 16.7 Å². The molecule has 18 heteroatoms. The minimum Gasteiger partial charge on any atom is -0.378 e. The molecule has 0 spiro atoms. The highest BCUT2D eigenvalue weighted by molar-refractivity contribution is 6.35. The van der Waals surface area contributed by atoms with Crippen LogP contribution in [-0.4, -0.2) is 102 Å². The second-order valence-electron chi connectivity index (χ2n) is 17.7. The molecule has 2 fully saturated rings. The van der Waals surface area contributed by atoms with Crippen molar-refractivity contribution in [2.75, 3.05) is 73.0 Å². The molecular formula is C57H48ClN15O2. The van der Waals surface area contributed by atoms with E-state index in [1.165, 1.54) is 12.7 Å². The van der Waals surface area contributed by atoms with E-state index in [1.807, 2.05) is 92.1 Å². The van der Waals surface area contributed by atoms with Crippen molar-refractivity contribution in [2.45, 2.75) is 13.8 Å². The first-order valence-electron chi connectivity index (χ1n) is 24.4. The van der Waals surface area contributed by atoms with Gasteiger partial charge >= 0.3 is 0 Å². The molecule has 17 nitrogen and oxygen atoms in total. The van der Waals surface area contributed by atoms with E-state index < -0.39 is 0 Å². The van der Waals surface area contributed by atoms with Crippen LogP contribution in [0.3, 0.4) is 0 Å². The lowest BCUT2D eigenvalue weighted by molar-refractivity contribution is 0.122. The lowest BCUT2D eigenvalue weighted by atomic mass is 10.0. The number of pyridine rings is 6. The molecule has 0 bridgehead atoms. The predicted octanol–water partition coefficient (Wildman–Crippen LogP) is 10.6. The molecule has 2 aliphatic rings. The highest BCUT2D eigenvalue weighted by Crippen LogP contribution is 2.42. The van der Waals surface area contributed by atoms with Crippen LogP contribution in [-0.2, 0) is 9.47 Å². The van der Waals surface area contributed by atoms with Crippen molar-refractivity contribution < 1.29 is 9.47 Å². The van der Waals surface area contributed by atoms with Crippen molar-refractivity contribution >= 4 is 67.8 Å². The van der Waals surface area contributed by atoms with Gasteiger partial charge in [0.1, 0.15) is 30.4 Å². The summed E-state index contributed by atoms with van der Waals surface area (Å²) in [5, 5.41) is 19.6. The van der Waals surface area contributed by atoms with Gasteiger partial charge in [0, 0.05) is 132 Å². The summed E-state index contributed by atoms with van der Waals surface area (Å²) in [6, 6.07) is 29.4. The largest absolute Gasteiger partial charge is 0.378 e. The number of hydrogen-bond donors (Lipinski definition) is 2. The number of ether oxygens (including phenoxy) is 2. The third kappa shape index (κ3) is 10.2. The molecule has 0 unspecified atom stereocenters. The molecule has 75 heavy (non-hydrogen) atoms. The smallest absolute Gasteiger partial charge is 0.130 e. The molecule has 2 saturated heterocycles. The second kappa shape index (κ2) is 22.0. The molecule has 0 atom stereocenters. The maximum absolute atomic E-state index is 9.86. The van der Waals surface area contributed by atoms with Crippen molar-refractivity contribution in [3.8, 4) is 51.1 Å². The fraction of sp³-hybridized carbons (Fsp3) is 0.175. The van der Waals surface area contributed by atoms with Crippen LogP contribution in [0.4, 0.5) is 34.4 Å². The summed E-state index contributed by atoms with van der Waals surface area (Å²) < 4.78 is 11.1.